The molecule has 1 amide bonds. The molecule has 0 radical (unpaired) electrons. The van der Waals surface area contributed by atoms with Gasteiger partial charge in [0.05, 0.1) is 17.7 Å². The smallest absolute Gasteiger partial charge is 0.224 e. The molecule has 32 heavy (non-hydrogen) atoms. The molecule has 0 aromatic heterocycles. The average molecular weight is 475 g/mol. The highest BCUT2D eigenvalue weighted by Gasteiger charge is 2.33. The van der Waals surface area contributed by atoms with Gasteiger partial charge in [-0.15, -0.1) is 0 Å². The molecule has 4 rings (SSSR count). The fourth-order valence-corrected chi connectivity index (χ4v) is 6.59. The maximum absolute atomic E-state index is 13.0. The van der Waals surface area contributed by atoms with Gasteiger partial charge >= 0.3 is 0 Å². The van der Waals surface area contributed by atoms with Gasteiger partial charge in [0, 0.05) is 18.1 Å². The summed E-state index contributed by atoms with van der Waals surface area (Å²) in [6.07, 6.45) is 6.09. The molecular formula is C25H31ClN2O3S. The second-order valence-corrected chi connectivity index (χ2v) is 11.5. The third-order valence-corrected chi connectivity index (χ3v) is 8.67. The lowest BCUT2D eigenvalue weighted by molar-refractivity contribution is -0.126. The maximum Gasteiger partial charge on any atom is 0.224 e. The second kappa shape index (κ2) is 9.94. The molecule has 2 aliphatic rings. The SMILES string of the molecule is C[C@@H](NC(=O)[C@@H]1CCCN(S(=O)(=O)Cc2cccc(Cl)c2)C1)c1ccc2c(c1)CCCC2. The number of sulfonamides is 1. The minimum Gasteiger partial charge on any atom is -0.349 e. The Labute approximate surface area is 196 Å². The Morgan fingerprint density at radius 1 is 1.12 bits per heavy atom. The molecule has 172 valence electrons. The molecule has 1 fully saturated rings. The zero-order chi connectivity index (χ0) is 22.7. The Balaban J connectivity index is 1.38. The van der Waals surface area contributed by atoms with Crippen molar-refractivity contribution in [3.8, 4) is 0 Å². The summed E-state index contributed by atoms with van der Waals surface area (Å²) in [4.78, 5) is 13.0. The van der Waals surface area contributed by atoms with E-state index in [4.69, 9.17) is 11.6 Å². The van der Waals surface area contributed by atoms with Gasteiger partial charge in [-0.1, -0.05) is 41.9 Å². The fourth-order valence-electron chi connectivity index (χ4n) is 4.78. The van der Waals surface area contributed by atoms with E-state index in [0.29, 0.717) is 30.0 Å². The highest BCUT2D eigenvalue weighted by molar-refractivity contribution is 7.88. The third-order valence-electron chi connectivity index (χ3n) is 6.62. The number of halogens is 1. The summed E-state index contributed by atoms with van der Waals surface area (Å²) < 4.78 is 27.4. The van der Waals surface area contributed by atoms with Gasteiger partial charge in [-0.25, -0.2) is 12.7 Å². The number of nitrogens with one attached hydrogen (secondary N) is 1. The molecule has 2 aromatic carbocycles. The van der Waals surface area contributed by atoms with E-state index in [1.54, 1.807) is 24.3 Å². The number of hydrogen-bond donors (Lipinski definition) is 1. The van der Waals surface area contributed by atoms with Gasteiger partial charge in [-0.3, -0.25) is 4.79 Å². The van der Waals surface area contributed by atoms with E-state index >= 15 is 0 Å². The van der Waals surface area contributed by atoms with Crippen LogP contribution in [0.5, 0.6) is 0 Å². The van der Waals surface area contributed by atoms with Crippen LogP contribution in [0.4, 0.5) is 0 Å². The predicted octanol–water partition coefficient (Wildman–Crippen LogP) is 4.64. The van der Waals surface area contributed by atoms with Crippen LogP contribution in [-0.4, -0.2) is 31.7 Å². The zero-order valence-electron chi connectivity index (χ0n) is 18.5. The van der Waals surface area contributed by atoms with Crippen LogP contribution in [0.15, 0.2) is 42.5 Å². The summed E-state index contributed by atoms with van der Waals surface area (Å²) in [5.74, 6) is -0.510. The van der Waals surface area contributed by atoms with E-state index in [0.717, 1.165) is 18.4 Å². The zero-order valence-corrected chi connectivity index (χ0v) is 20.1. The van der Waals surface area contributed by atoms with Crippen LogP contribution in [0.1, 0.15) is 60.9 Å². The molecule has 2 aromatic rings. The first-order valence-corrected chi connectivity index (χ1v) is 13.4. The molecule has 1 aliphatic heterocycles. The van der Waals surface area contributed by atoms with Crippen LogP contribution in [0.2, 0.25) is 5.02 Å². The van der Waals surface area contributed by atoms with Crippen molar-refractivity contribution < 1.29 is 13.2 Å². The normalized spacial score (nSPS) is 20.4. The Kier molecular flexibility index (Phi) is 7.23. The van der Waals surface area contributed by atoms with Gasteiger partial charge in [-0.05, 0) is 79.8 Å². The van der Waals surface area contributed by atoms with Crippen molar-refractivity contribution in [1.29, 1.82) is 0 Å². The second-order valence-electron chi connectivity index (χ2n) is 9.05. The quantitative estimate of drug-likeness (QED) is 0.663. The molecule has 0 unspecified atom stereocenters. The standard InChI is InChI=1S/C25H31ClN2O3S/c1-18(21-12-11-20-7-2-3-8-22(20)15-21)27-25(29)23-9-5-13-28(16-23)32(30,31)17-19-6-4-10-24(26)14-19/h4,6,10-12,14-15,18,23H,2-3,5,7-9,13,16-17H2,1H3,(H,27,29)/t18-,23-/m1/s1. The van der Waals surface area contributed by atoms with Gasteiger partial charge in [0.25, 0.3) is 0 Å². The lowest BCUT2D eigenvalue weighted by atomic mass is 9.89. The minimum absolute atomic E-state index is 0.0714. The van der Waals surface area contributed by atoms with E-state index in [1.165, 1.54) is 28.3 Å². The van der Waals surface area contributed by atoms with Crippen molar-refractivity contribution >= 4 is 27.5 Å². The van der Waals surface area contributed by atoms with Crippen LogP contribution in [0.25, 0.3) is 0 Å². The maximum atomic E-state index is 13.0. The van der Waals surface area contributed by atoms with Crippen LogP contribution in [0, 0.1) is 5.92 Å². The third kappa shape index (κ3) is 5.53. The van der Waals surface area contributed by atoms with Gasteiger partial charge in [0.1, 0.15) is 0 Å². The van der Waals surface area contributed by atoms with Crippen molar-refractivity contribution in [2.24, 2.45) is 5.92 Å². The fraction of sp³-hybridized carbons (Fsp3) is 0.480. The summed E-state index contributed by atoms with van der Waals surface area (Å²) in [5.41, 5.74) is 4.59. The molecule has 1 N–H and O–H groups in total. The van der Waals surface area contributed by atoms with E-state index in [2.05, 4.69) is 23.5 Å². The molecule has 1 saturated heterocycles. The molecular weight excluding hydrogens is 444 g/mol. The molecule has 1 aliphatic carbocycles. The molecule has 0 saturated carbocycles. The Bertz CT molecular complexity index is 1090. The summed E-state index contributed by atoms with van der Waals surface area (Å²) in [6.45, 7) is 2.68. The van der Waals surface area contributed by atoms with Crippen molar-refractivity contribution in [2.75, 3.05) is 13.1 Å². The van der Waals surface area contributed by atoms with Gasteiger partial charge in [-0.2, -0.15) is 0 Å². The number of nitrogens with zero attached hydrogens (tertiary/aromatic N) is 1. The van der Waals surface area contributed by atoms with Crippen molar-refractivity contribution in [3.05, 3.63) is 69.7 Å². The van der Waals surface area contributed by atoms with Crippen LogP contribution < -0.4 is 5.32 Å². The van der Waals surface area contributed by atoms with Gasteiger partial charge in [0.2, 0.25) is 15.9 Å². The lowest BCUT2D eigenvalue weighted by Crippen LogP contribution is -2.46. The molecule has 0 spiro atoms. The number of hydrogen-bond acceptors (Lipinski definition) is 3. The number of carbonyl (C=O) groups is 1. The highest BCUT2D eigenvalue weighted by atomic mass is 35.5. The molecule has 0 bridgehead atoms. The molecule has 2 atom stereocenters. The predicted molar refractivity (Wildman–Crippen MR) is 128 cm³/mol. The number of amides is 1. The van der Waals surface area contributed by atoms with E-state index in [-0.39, 0.29) is 30.2 Å². The van der Waals surface area contributed by atoms with Gasteiger partial charge < -0.3 is 5.32 Å². The summed E-state index contributed by atoms with van der Waals surface area (Å²) in [5, 5.41) is 3.64. The van der Waals surface area contributed by atoms with Crippen molar-refractivity contribution in [3.63, 3.8) is 0 Å². The van der Waals surface area contributed by atoms with Crippen LogP contribution in [-0.2, 0) is 33.4 Å². The van der Waals surface area contributed by atoms with E-state index in [9.17, 15) is 13.2 Å². The number of fused-ring (bicyclic) bond motifs is 1. The highest BCUT2D eigenvalue weighted by Crippen LogP contribution is 2.26. The van der Waals surface area contributed by atoms with Gasteiger partial charge in [0.15, 0.2) is 0 Å². The summed E-state index contributed by atoms with van der Waals surface area (Å²) >= 11 is 6.00. The number of piperidine rings is 1. The van der Waals surface area contributed by atoms with E-state index < -0.39 is 10.0 Å². The Morgan fingerprint density at radius 3 is 2.69 bits per heavy atom. The monoisotopic (exact) mass is 474 g/mol. The van der Waals surface area contributed by atoms with E-state index in [1.807, 2.05) is 6.92 Å². The van der Waals surface area contributed by atoms with Crippen molar-refractivity contribution in [1.82, 2.24) is 9.62 Å². The van der Waals surface area contributed by atoms with Crippen molar-refractivity contribution in [2.45, 2.75) is 57.2 Å². The first-order valence-electron chi connectivity index (χ1n) is 11.5. The number of carbonyl (C=O) groups excluding carboxylic acids is 1. The topological polar surface area (TPSA) is 66.5 Å². The molecule has 1 heterocycles. The molecule has 5 nitrogen and oxygen atoms in total. The number of aryl methyl sites for hydroxylation is 2. The van der Waals surface area contributed by atoms with Crippen LogP contribution in [0.3, 0.4) is 0 Å². The Morgan fingerprint density at radius 2 is 1.91 bits per heavy atom. The summed E-state index contributed by atoms with van der Waals surface area (Å²) in [7, 11) is -3.52. The van der Waals surface area contributed by atoms with Crippen LogP contribution >= 0.6 is 11.6 Å². The lowest BCUT2D eigenvalue weighted by Gasteiger charge is -2.32. The minimum atomic E-state index is -3.52. The first-order chi connectivity index (χ1) is 15.3. The number of rotatable bonds is 6. The largest absolute Gasteiger partial charge is 0.349 e. The first kappa shape index (κ1) is 23.3. The molecule has 7 heteroatoms. The summed E-state index contributed by atoms with van der Waals surface area (Å²) in [6, 6.07) is 13.3. The number of benzene rings is 2. The Hall–Kier alpha value is -1.89. The average Bonchev–Trinajstić information content (AvgIpc) is 2.78.